The summed E-state index contributed by atoms with van der Waals surface area (Å²) in [7, 11) is -3.69. The fraction of sp³-hybridized carbons (Fsp3) is 0.300. The largest absolute Gasteiger partial charge is 0.372 e. The predicted octanol–water partition coefficient (Wildman–Crippen LogP) is 2.56. The Morgan fingerprint density at radius 2 is 1.86 bits per heavy atom. The molecule has 3 rings (SSSR count). The molecule has 2 aromatic carbocycles. The molecular weight excluding hydrogens is 376 g/mol. The van der Waals surface area contributed by atoms with Gasteiger partial charge in [-0.15, -0.1) is 0 Å². The zero-order valence-corrected chi connectivity index (χ0v) is 16.4. The standard InChI is InChI=1S/C20H22N4O3S/c1-28(26,27)24(19-6-4-5-16(13-19)14-21)15-20(25)22-17-7-9-18(10-8-17)23-11-2-3-12-23/h4-10,13H,2-3,11-12,15H2,1H3,(H,22,25). The summed E-state index contributed by atoms with van der Waals surface area (Å²) in [5.74, 6) is -0.457. The number of nitriles is 1. The van der Waals surface area contributed by atoms with E-state index in [9.17, 15) is 13.2 Å². The molecule has 0 saturated carbocycles. The zero-order valence-electron chi connectivity index (χ0n) is 15.6. The van der Waals surface area contributed by atoms with Gasteiger partial charge in [-0.1, -0.05) is 6.07 Å². The summed E-state index contributed by atoms with van der Waals surface area (Å²) in [6.45, 7) is 1.70. The summed E-state index contributed by atoms with van der Waals surface area (Å²) >= 11 is 0. The topological polar surface area (TPSA) is 93.5 Å². The first kappa shape index (κ1) is 19.7. The molecule has 1 saturated heterocycles. The molecule has 1 amide bonds. The first-order valence-electron chi connectivity index (χ1n) is 8.99. The highest BCUT2D eigenvalue weighted by Crippen LogP contribution is 2.23. The molecule has 1 fully saturated rings. The maximum Gasteiger partial charge on any atom is 0.245 e. The van der Waals surface area contributed by atoms with Crippen molar-refractivity contribution in [1.29, 1.82) is 5.26 Å². The second-order valence-corrected chi connectivity index (χ2v) is 8.63. The number of hydrogen-bond donors (Lipinski definition) is 1. The molecule has 0 unspecified atom stereocenters. The molecule has 7 nitrogen and oxygen atoms in total. The van der Waals surface area contributed by atoms with Crippen molar-refractivity contribution in [2.75, 3.05) is 40.4 Å². The van der Waals surface area contributed by atoms with Crippen molar-refractivity contribution < 1.29 is 13.2 Å². The molecular formula is C20H22N4O3S. The lowest BCUT2D eigenvalue weighted by atomic mass is 10.2. The van der Waals surface area contributed by atoms with Crippen molar-refractivity contribution >= 4 is 33.0 Å². The van der Waals surface area contributed by atoms with E-state index in [4.69, 9.17) is 5.26 Å². The first-order valence-corrected chi connectivity index (χ1v) is 10.8. The van der Waals surface area contributed by atoms with Gasteiger partial charge in [0.05, 0.1) is 23.6 Å². The lowest BCUT2D eigenvalue weighted by molar-refractivity contribution is -0.114. The third-order valence-corrected chi connectivity index (χ3v) is 5.71. The van der Waals surface area contributed by atoms with Crippen molar-refractivity contribution in [3.05, 3.63) is 54.1 Å². The second kappa shape index (κ2) is 8.31. The SMILES string of the molecule is CS(=O)(=O)N(CC(=O)Nc1ccc(N2CCCC2)cc1)c1cccc(C#N)c1. The monoisotopic (exact) mass is 398 g/mol. The number of rotatable bonds is 6. The predicted molar refractivity (Wildman–Crippen MR) is 110 cm³/mol. The fourth-order valence-electron chi connectivity index (χ4n) is 3.19. The van der Waals surface area contributed by atoms with Gasteiger partial charge in [0.15, 0.2) is 0 Å². The molecule has 1 aliphatic rings. The lowest BCUT2D eigenvalue weighted by Crippen LogP contribution is -2.37. The van der Waals surface area contributed by atoms with Crippen LogP contribution < -0.4 is 14.5 Å². The van der Waals surface area contributed by atoms with Crippen LogP contribution in [0.15, 0.2) is 48.5 Å². The van der Waals surface area contributed by atoms with E-state index in [-0.39, 0.29) is 12.2 Å². The van der Waals surface area contributed by atoms with Crippen molar-refractivity contribution in [1.82, 2.24) is 0 Å². The van der Waals surface area contributed by atoms with Crippen molar-refractivity contribution in [2.45, 2.75) is 12.8 Å². The normalized spacial score (nSPS) is 13.8. The number of anilines is 3. The van der Waals surface area contributed by atoms with Crippen LogP contribution in [0.2, 0.25) is 0 Å². The van der Waals surface area contributed by atoms with Gasteiger partial charge in [0, 0.05) is 24.5 Å². The van der Waals surface area contributed by atoms with Crippen LogP contribution in [0.1, 0.15) is 18.4 Å². The molecule has 1 N–H and O–H groups in total. The van der Waals surface area contributed by atoms with Gasteiger partial charge in [-0.05, 0) is 55.3 Å². The molecule has 146 valence electrons. The van der Waals surface area contributed by atoms with E-state index in [1.54, 1.807) is 18.2 Å². The number of sulfonamides is 1. The summed E-state index contributed by atoms with van der Waals surface area (Å²) in [5, 5.41) is 11.8. The Bertz CT molecular complexity index is 991. The summed E-state index contributed by atoms with van der Waals surface area (Å²) in [4.78, 5) is 14.7. The minimum Gasteiger partial charge on any atom is -0.372 e. The van der Waals surface area contributed by atoms with Crippen LogP contribution in [-0.4, -0.2) is 40.2 Å². The highest BCUT2D eigenvalue weighted by atomic mass is 32.2. The van der Waals surface area contributed by atoms with Gasteiger partial charge in [-0.2, -0.15) is 5.26 Å². The maximum atomic E-state index is 12.4. The molecule has 0 radical (unpaired) electrons. The third kappa shape index (κ3) is 4.81. The van der Waals surface area contributed by atoms with Crippen LogP contribution >= 0.6 is 0 Å². The van der Waals surface area contributed by atoms with Gasteiger partial charge >= 0.3 is 0 Å². The van der Waals surface area contributed by atoms with E-state index < -0.39 is 15.9 Å². The van der Waals surface area contributed by atoms with Crippen LogP contribution in [0.4, 0.5) is 17.1 Å². The van der Waals surface area contributed by atoms with Crippen LogP contribution in [0.5, 0.6) is 0 Å². The van der Waals surface area contributed by atoms with E-state index in [2.05, 4.69) is 10.2 Å². The number of amides is 1. The van der Waals surface area contributed by atoms with E-state index in [0.29, 0.717) is 11.3 Å². The summed E-state index contributed by atoms with van der Waals surface area (Å²) in [6, 6.07) is 15.7. The van der Waals surface area contributed by atoms with Gasteiger partial charge in [0.2, 0.25) is 15.9 Å². The molecule has 2 aromatic rings. The molecule has 0 spiro atoms. The summed E-state index contributed by atoms with van der Waals surface area (Å²) < 4.78 is 25.3. The molecule has 0 bridgehead atoms. The average Bonchev–Trinajstić information content (AvgIpc) is 3.20. The van der Waals surface area contributed by atoms with E-state index in [1.807, 2.05) is 30.3 Å². The zero-order chi connectivity index (χ0) is 20.1. The van der Waals surface area contributed by atoms with Crippen LogP contribution in [0.25, 0.3) is 0 Å². The highest BCUT2D eigenvalue weighted by molar-refractivity contribution is 7.92. The minimum atomic E-state index is -3.69. The van der Waals surface area contributed by atoms with Gasteiger partial charge in [0.25, 0.3) is 0 Å². The molecule has 0 aliphatic carbocycles. The quantitative estimate of drug-likeness (QED) is 0.807. The first-order chi connectivity index (χ1) is 13.4. The average molecular weight is 398 g/mol. The fourth-order valence-corrected chi connectivity index (χ4v) is 4.04. The highest BCUT2D eigenvalue weighted by Gasteiger charge is 2.21. The Balaban J connectivity index is 1.71. The Labute approximate surface area is 165 Å². The number of carbonyl (C=O) groups is 1. The lowest BCUT2D eigenvalue weighted by Gasteiger charge is -2.22. The summed E-state index contributed by atoms with van der Waals surface area (Å²) in [5.41, 5.74) is 2.32. The van der Waals surface area contributed by atoms with Gasteiger partial charge < -0.3 is 10.2 Å². The second-order valence-electron chi connectivity index (χ2n) is 6.72. The molecule has 28 heavy (non-hydrogen) atoms. The van der Waals surface area contributed by atoms with Crippen molar-refractivity contribution in [3.63, 3.8) is 0 Å². The Morgan fingerprint density at radius 1 is 1.18 bits per heavy atom. The van der Waals surface area contributed by atoms with Crippen LogP contribution in [0, 0.1) is 11.3 Å². The molecule has 8 heteroatoms. The number of nitrogens with zero attached hydrogens (tertiary/aromatic N) is 3. The third-order valence-electron chi connectivity index (χ3n) is 4.57. The van der Waals surface area contributed by atoms with Gasteiger partial charge in [-0.25, -0.2) is 8.42 Å². The van der Waals surface area contributed by atoms with E-state index >= 15 is 0 Å². The Morgan fingerprint density at radius 3 is 2.46 bits per heavy atom. The molecule has 0 aromatic heterocycles. The smallest absolute Gasteiger partial charge is 0.245 e. The molecule has 1 aliphatic heterocycles. The minimum absolute atomic E-state index is 0.279. The Hall–Kier alpha value is -3.05. The van der Waals surface area contributed by atoms with Crippen molar-refractivity contribution in [2.24, 2.45) is 0 Å². The van der Waals surface area contributed by atoms with Crippen LogP contribution in [-0.2, 0) is 14.8 Å². The number of nitrogens with one attached hydrogen (secondary N) is 1. The van der Waals surface area contributed by atoms with Crippen LogP contribution in [0.3, 0.4) is 0 Å². The summed E-state index contributed by atoms with van der Waals surface area (Å²) in [6.07, 6.45) is 3.41. The molecule has 0 atom stereocenters. The van der Waals surface area contributed by atoms with E-state index in [1.165, 1.54) is 18.9 Å². The number of benzene rings is 2. The van der Waals surface area contributed by atoms with E-state index in [0.717, 1.165) is 29.3 Å². The van der Waals surface area contributed by atoms with Gasteiger partial charge in [0.1, 0.15) is 6.54 Å². The number of hydrogen-bond acceptors (Lipinski definition) is 5. The van der Waals surface area contributed by atoms with Crippen molar-refractivity contribution in [3.8, 4) is 6.07 Å². The molecule has 1 heterocycles. The Kier molecular flexibility index (Phi) is 5.85. The maximum absolute atomic E-state index is 12.4. The van der Waals surface area contributed by atoms with Gasteiger partial charge in [-0.3, -0.25) is 9.10 Å². The number of carbonyl (C=O) groups excluding carboxylic acids is 1.